The van der Waals surface area contributed by atoms with Crippen molar-refractivity contribution in [3.63, 3.8) is 0 Å². The third-order valence-electron chi connectivity index (χ3n) is 1.06. The van der Waals surface area contributed by atoms with Crippen LogP contribution in [0, 0.1) is 0 Å². The Bertz CT molecular complexity index is 169. The molecule has 0 spiro atoms. The molecule has 0 aromatic rings. The van der Waals surface area contributed by atoms with Crippen molar-refractivity contribution < 1.29 is 14.4 Å². The maximum Gasteiger partial charge on any atom is 0.312 e. The third kappa shape index (κ3) is 1.35. The molecule has 4 N–H and O–H groups in total. The van der Waals surface area contributed by atoms with E-state index in [2.05, 4.69) is 15.6 Å². The summed E-state index contributed by atoms with van der Waals surface area (Å²) in [5.74, 6) is -0.376. The highest BCUT2D eigenvalue weighted by molar-refractivity contribution is 5.86. The number of rotatable bonds is 1. The summed E-state index contributed by atoms with van der Waals surface area (Å²) in [5, 5.41) is 2.19. The molecule has 56 valence electrons. The number of hydrogen-bond donors (Lipinski definition) is 3. The Hall–Kier alpha value is -1.30. The summed E-state index contributed by atoms with van der Waals surface area (Å²) >= 11 is 0. The van der Waals surface area contributed by atoms with Crippen molar-refractivity contribution in [3.8, 4) is 0 Å². The predicted octanol–water partition coefficient (Wildman–Crippen LogP) is -1.92. The third-order valence-corrected chi connectivity index (χ3v) is 1.06. The van der Waals surface area contributed by atoms with Crippen LogP contribution in [-0.2, 0) is 9.63 Å². The molecular formula is C4H7N3O3. The van der Waals surface area contributed by atoms with Gasteiger partial charge in [-0.05, 0) is 0 Å². The van der Waals surface area contributed by atoms with Crippen molar-refractivity contribution in [1.82, 2.24) is 10.8 Å². The Morgan fingerprint density at radius 3 is 3.00 bits per heavy atom. The van der Waals surface area contributed by atoms with Gasteiger partial charge in [0.2, 0.25) is 0 Å². The first kappa shape index (κ1) is 6.81. The molecule has 0 aliphatic carbocycles. The molecule has 1 rings (SSSR count). The van der Waals surface area contributed by atoms with Gasteiger partial charge in [0.25, 0.3) is 5.91 Å². The Balaban J connectivity index is 2.40. The molecule has 0 aromatic heterocycles. The number of amides is 3. The maximum absolute atomic E-state index is 10.6. The van der Waals surface area contributed by atoms with Crippen LogP contribution in [0.1, 0.15) is 0 Å². The minimum atomic E-state index is -0.731. The first-order valence-electron chi connectivity index (χ1n) is 2.68. The second-order valence-electron chi connectivity index (χ2n) is 1.84. The molecule has 0 radical (unpaired) electrons. The Morgan fingerprint density at radius 1 is 1.90 bits per heavy atom. The number of nitrogens with two attached hydrogens (primary N) is 1. The molecule has 3 amide bonds. The second-order valence-corrected chi connectivity index (χ2v) is 1.84. The van der Waals surface area contributed by atoms with Crippen LogP contribution in [0.2, 0.25) is 0 Å². The van der Waals surface area contributed by atoms with Crippen LogP contribution in [0.5, 0.6) is 0 Å². The van der Waals surface area contributed by atoms with Crippen LogP contribution in [0.4, 0.5) is 4.79 Å². The van der Waals surface area contributed by atoms with Gasteiger partial charge in [-0.25, -0.2) is 10.3 Å². The van der Waals surface area contributed by atoms with Gasteiger partial charge in [-0.15, -0.1) is 0 Å². The van der Waals surface area contributed by atoms with Crippen molar-refractivity contribution in [3.05, 3.63) is 0 Å². The van der Waals surface area contributed by atoms with E-state index in [0.717, 1.165) is 0 Å². The normalized spacial score (nSPS) is 24.0. The van der Waals surface area contributed by atoms with E-state index in [0.29, 0.717) is 0 Å². The topological polar surface area (TPSA) is 93.5 Å². The molecule has 10 heavy (non-hydrogen) atoms. The summed E-state index contributed by atoms with van der Waals surface area (Å²) in [6.07, 6.45) is 0. The van der Waals surface area contributed by atoms with Gasteiger partial charge in [-0.2, -0.15) is 0 Å². The monoisotopic (exact) mass is 145 g/mol. The number of carbonyl (C=O) groups excluding carboxylic acids is 2. The summed E-state index contributed by atoms with van der Waals surface area (Å²) in [7, 11) is 0. The summed E-state index contributed by atoms with van der Waals surface area (Å²) in [5.41, 5.74) is 6.81. The smallest absolute Gasteiger partial charge is 0.312 e. The summed E-state index contributed by atoms with van der Waals surface area (Å²) in [6.45, 7) is 0.127. The van der Waals surface area contributed by atoms with Crippen molar-refractivity contribution in [2.24, 2.45) is 5.73 Å². The fourth-order valence-electron chi connectivity index (χ4n) is 0.622. The van der Waals surface area contributed by atoms with Gasteiger partial charge in [0.05, 0.1) is 0 Å². The molecule has 6 nitrogen and oxygen atoms in total. The van der Waals surface area contributed by atoms with Crippen LogP contribution in [-0.4, -0.2) is 24.6 Å². The molecule has 1 aliphatic heterocycles. The molecule has 1 saturated heterocycles. The molecule has 1 atom stereocenters. The summed E-state index contributed by atoms with van der Waals surface area (Å²) in [4.78, 5) is 25.3. The van der Waals surface area contributed by atoms with Gasteiger partial charge in [-0.1, -0.05) is 0 Å². The van der Waals surface area contributed by atoms with Crippen LogP contribution < -0.4 is 16.5 Å². The molecule has 0 bridgehead atoms. The van der Waals surface area contributed by atoms with Crippen LogP contribution in [0.15, 0.2) is 0 Å². The molecular weight excluding hydrogens is 138 g/mol. The molecule has 0 aromatic carbocycles. The number of carbonyl (C=O) groups is 2. The van der Waals surface area contributed by atoms with E-state index in [1.165, 1.54) is 0 Å². The standard InChI is InChI=1S/C4H7N3O3/c5-4(9)6-2-1-10-7-3(2)8/h2H,1H2,(H,7,8)(H3,5,6,9)/t2-/m1/s1. The highest BCUT2D eigenvalue weighted by Crippen LogP contribution is 1.92. The second kappa shape index (κ2) is 2.53. The molecule has 6 heteroatoms. The van der Waals surface area contributed by atoms with Crippen LogP contribution >= 0.6 is 0 Å². The van der Waals surface area contributed by atoms with Crippen molar-refractivity contribution >= 4 is 11.9 Å². The fraction of sp³-hybridized carbons (Fsp3) is 0.500. The molecule has 0 unspecified atom stereocenters. The number of urea groups is 1. The minimum absolute atomic E-state index is 0.127. The number of hydrogen-bond acceptors (Lipinski definition) is 3. The number of primary amides is 1. The van der Waals surface area contributed by atoms with Crippen LogP contribution in [0.3, 0.4) is 0 Å². The lowest BCUT2D eigenvalue weighted by Gasteiger charge is -2.02. The lowest BCUT2D eigenvalue weighted by atomic mass is 10.3. The van der Waals surface area contributed by atoms with Gasteiger partial charge >= 0.3 is 6.03 Å². The zero-order valence-corrected chi connectivity index (χ0v) is 5.09. The molecule has 0 saturated carbocycles. The van der Waals surface area contributed by atoms with Crippen molar-refractivity contribution in [1.29, 1.82) is 0 Å². The average Bonchev–Trinajstić information content (AvgIpc) is 2.15. The van der Waals surface area contributed by atoms with E-state index in [1.54, 1.807) is 0 Å². The lowest BCUT2D eigenvalue weighted by molar-refractivity contribution is -0.124. The first-order valence-corrected chi connectivity index (χ1v) is 2.68. The first-order chi connectivity index (χ1) is 4.70. The molecule has 1 fully saturated rings. The summed E-state index contributed by atoms with van der Waals surface area (Å²) in [6, 6.07) is -1.37. The van der Waals surface area contributed by atoms with E-state index in [9.17, 15) is 9.59 Å². The van der Waals surface area contributed by atoms with E-state index in [4.69, 9.17) is 5.73 Å². The van der Waals surface area contributed by atoms with Gasteiger partial charge in [0.15, 0.2) is 0 Å². The van der Waals surface area contributed by atoms with E-state index in [1.807, 2.05) is 0 Å². The molecule has 1 heterocycles. The van der Waals surface area contributed by atoms with Gasteiger partial charge in [0, 0.05) is 0 Å². The Morgan fingerprint density at radius 2 is 2.60 bits per heavy atom. The van der Waals surface area contributed by atoms with Crippen molar-refractivity contribution in [2.75, 3.05) is 6.61 Å². The quantitative estimate of drug-likeness (QED) is 0.401. The zero-order chi connectivity index (χ0) is 7.56. The number of nitrogens with one attached hydrogen (secondary N) is 2. The highest BCUT2D eigenvalue weighted by Gasteiger charge is 2.25. The van der Waals surface area contributed by atoms with E-state index < -0.39 is 12.1 Å². The fourth-order valence-corrected chi connectivity index (χ4v) is 0.622. The predicted molar refractivity (Wildman–Crippen MR) is 30.6 cm³/mol. The Kier molecular flexibility index (Phi) is 1.72. The van der Waals surface area contributed by atoms with Crippen molar-refractivity contribution in [2.45, 2.75) is 6.04 Å². The minimum Gasteiger partial charge on any atom is -0.352 e. The average molecular weight is 145 g/mol. The van der Waals surface area contributed by atoms with E-state index in [-0.39, 0.29) is 12.5 Å². The largest absolute Gasteiger partial charge is 0.352 e. The van der Waals surface area contributed by atoms with Gasteiger partial charge in [0.1, 0.15) is 12.6 Å². The van der Waals surface area contributed by atoms with Gasteiger partial charge < -0.3 is 11.1 Å². The maximum atomic E-state index is 10.6. The number of hydroxylamine groups is 1. The summed E-state index contributed by atoms with van der Waals surface area (Å²) < 4.78 is 0. The zero-order valence-electron chi connectivity index (χ0n) is 5.09. The van der Waals surface area contributed by atoms with Gasteiger partial charge in [-0.3, -0.25) is 9.63 Å². The molecule has 1 aliphatic rings. The highest BCUT2D eigenvalue weighted by atomic mass is 16.7. The lowest BCUT2D eigenvalue weighted by Crippen LogP contribution is -2.44. The van der Waals surface area contributed by atoms with E-state index >= 15 is 0 Å². The van der Waals surface area contributed by atoms with Crippen LogP contribution in [0.25, 0.3) is 0 Å². The Labute approximate surface area is 56.7 Å². The SMILES string of the molecule is NC(=O)N[C@@H]1CONC1=O.